The van der Waals surface area contributed by atoms with Gasteiger partial charge in [-0.2, -0.15) is 9.57 Å². The van der Waals surface area contributed by atoms with E-state index < -0.39 is 15.6 Å². The van der Waals surface area contributed by atoms with Crippen LogP contribution in [0, 0.1) is 24.2 Å². The van der Waals surface area contributed by atoms with E-state index in [4.69, 9.17) is 0 Å². The van der Waals surface area contributed by atoms with E-state index in [2.05, 4.69) is 11.4 Å². The maximum absolute atomic E-state index is 12.7. The SMILES string of the molecule is Cc1ccc(S(=O)(=O)N2CCC(C(=O)NC3(C#N)CCCC3)CC2)cc1. The first-order valence-corrected chi connectivity index (χ1v) is 10.6. The number of nitrogens with zero attached hydrogens (tertiary/aromatic N) is 2. The Kier molecular flexibility index (Phi) is 5.35. The molecule has 2 fully saturated rings. The second-order valence-corrected chi connectivity index (χ2v) is 9.32. The Morgan fingerprint density at radius 2 is 1.77 bits per heavy atom. The molecule has 7 heteroatoms. The molecule has 1 amide bonds. The van der Waals surface area contributed by atoms with Crippen molar-refractivity contribution in [2.45, 2.75) is 55.9 Å². The van der Waals surface area contributed by atoms with Gasteiger partial charge in [0.05, 0.1) is 11.0 Å². The summed E-state index contributed by atoms with van der Waals surface area (Å²) in [6.07, 6.45) is 4.30. The molecule has 1 N–H and O–H groups in total. The van der Waals surface area contributed by atoms with Gasteiger partial charge in [-0.3, -0.25) is 4.79 Å². The van der Waals surface area contributed by atoms with Crippen molar-refractivity contribution in [3.8, 4) is 6.07 Å². The molecule has 0 radical (unpaired) electrons. The molecule has 1 aromatic rings. The van der Waals surface area contributed by atoms with Crippen molar-refractivity contribution in [3.63, 3.8) is 0 Å². The highest BCUT2D eigenvalue weighted by Crippen LogP contribution is 2.30. The lowest BCUT2D eigenvalue weighted by Gasteiger charge is -2.32. The fraction of sp³-hybridized carbons (Fsp3) is 0.579. The molecule has 0 aromatic heterocycles. The number of amides is 1. The van der Waals surface area contributed by atoms with Crippen LogP contribution in [0.15, 0.2) is 29.2 Å². The Bertz CT molecular complexity index is 797. The molecule has 26 heavy (non-hydrogen) atoms. The Balaban J connectivity index is 1.61. The minimum absolute atomic E-state index is 0.110. The molecule has 1 aromatic carbocycles. The zero-order chi connectivity index (χ0) is 18.8. The first-order chi connectivity index (χ1) is 12.4. The molecular formula is C19H25N3O3S. The van der Waals surface area contributed by atoms with Crippen molar-refractivity contribution >= 4 is 15.9 Å². The lowest BCUT2D eigenvalue weighted by molar-refractivity contribution is -0.127. The molecule has 0 spiro atoms. The number of carbonyl (C=O) groups is 1. The van der Waals surface area contributed by atoms with Crippen molar-refractivity contribution in [1.29, 1.82) is 5.26 Å². The number of piperidine rings is 1. The van der Waals surface area contributed by atoms with Crippen molar-refractivity contribution in [2.24, 2.45) is 5.92 Å². The van der Waals surface area contributed by atoms with E-state index >= 15 is 0 Å². The van der Waals surface area contributed by atoms with Crippen LogP contribution in [0.5, 0.6) is 0 Å². The highest BCUT2D eigenvalue weighted by atomic mass is 32.2. The molecule has 0 atom stereocenters. The van der Waals surface area contributed by atoms with Gasteiger partial charge in [0.1, 0.15) is 5.54 Å². The maximum Gasteiger partial charge on any atom is 0.243 e. The zero-order valence-corrected chi connectivity index (χ0v) is 15.9. The van der Waals surface area contributed by atoms with Crippen LogP contribution in [-0.4, -0.2) is 37.3 Å². The van der Waals surface area contributed by atoms with Gasteiger partial charge in [0.2, 0.25) is 15.9 Å². The van der Waals surface area contributed by atoms with Crippen molar-refractivity contribution < 1.29 is 13.2 Å². The van der Waals surface area contributed by atoms with E-state index in [0.29, 0.717) is 43.7 Å². The summed E-state index contributed by atoms with van der Waals surface area (Å²) in [5.41, 5.74) is 0.292. The van der Waals surface area contributed by atoms with Crippen LogP contribution < -0.4 is 5.32 Å². The summed E-state index contributed by atoms with van der Waals surface area (Å²) in [6.45, 7) is 2.57. The smallest absolute Gasteiger partial charge is 0.243 e. The number of sulfonamides is 1. The first kappa shape index (κ1) is 18.9. The topological polar surface area (TPSA) is 90.3 Å². The molecule has 6 nitrogen and oxygen atoms in total. The summed E-state index contributed by atoms with van der Waals surface area (Å²) in [7, 11) is -3.52. The Morgan fingerprint density at radius 3 is 2.31 bits per heavy atom. The fourth-order valence-electron chi connectivity index (χ4n) is 3.80. The van der Waals surface area contributed by atoms with Crippen molar-refractivity contribution in [2.75, 3.05) is 13.1 Å². The van der Waals surface area contributed by atoms with Crippen molar-refractivity contribution in [3.05, 3.63) is 29.8 Å². The number of carbonyl (C=O) groups excluding carboxylic acids is 1. The summed E-state index contributed by atoms with van der Waals surface area (Å²) in [4.78, 5) is 12.8. The monoisotopic (exact) mass is 375 g/mol. The molecule has 1 aliphatic carbocycles. The molecule has 140 valence electrons. The lowest BCUT2D eigenvalue weighted by atomic mass is 9.93. The molecule has 1 heterocycles. The number of nitriles is 1. The third kappa shape index (κ3) is 3.76. The Labute approximate surface area is 155 Å². The average molecular weight is 375 g/mol. The zero-order valence-electron chi connectivity index (χ0n) is 15.1. The quantitative estimate of drug-likeness (QED) is 0.875. The molecule has 1 saturated heterocycles. The van der Waals surface area contributed by atoms with Crippen LogP contribution in [0.1, 0.15) is 44.1 Å². The molecule has 0 unspecified atom stereocenters. The number of nitrogens with one attached hydrogen (secondary N) is 1. The second-order valence-electron chi connectivity index (χ2n) is 7.38. The lowest BCUT2D eigenvalue weighted by Crippen LogP contribution is -2.50. The minimum Gasteiger partial charge on any atom is -0.338 e. The molecule has 1 saturated carbocycles. The van der Waals surface area contributed by atoms with Crippen LogP contribution in [0.25, 0.3) is 0 Å². The first-order valence-electron chi connectivity index (χ1n) is 9.16. The molecule has 2 aliphatic rings. The molecule has 0 bridgehead atoms. The summed E-state index contributed by atoms with van der Waals surface area (Å²) >= 11 is 0. The van der Waals surface area contributed by atoms with Crippen molar-refractivity contribution in [1.82, 2.24) is 9.62 Å². The summed E-state index contributed by atoms with van der Waals surface area (Å²) < 4.78 is 26.9. The largest absolute Gasteiger partial charge is 0.338 e. The number of hydrogen-bond donors (Lipinski definition) is 1. The van der Waals surface area contributed by atoms with Gasteiger partial charge >= 0.3 is 0 Å². The summed E-state index contributed by atoms with van der Waals surface area (Å²) in [5, 5.41) is 12.3. The van der Waals surface area contributed by atoms with E-state index in [9.17, 15) is 18.5 Å². The number of benzene rings is 1. The number of aryl methyl sites for hydroxylation is 1. The second kappa shape index (κ2) is 7.37. The molecule has 3 rings (SSSR count). The average Bonchev–Trinajstić information content (AvgIpc) is 3.11. The third-order valence-electron chi connectivity index (χ3n) is 5.52. The van der Waals surface area contributed by atoms with E-state index in [-0.39, 0.29) is 11.8 Å². The highest BCUT2D eigenvalue weighted by molar-refractivity contribution is 7.89. The van der Waals surface area contributed by atoms with Gasteiger partial charge in [-0.15, -0.1) is 0 Å². The summed E-state index contributed by atoms with van der Waals surface area (Å²) in [5.74, 6) is -0.342. The van der Waals surface area contributed by atoms with Crippen LogP contribution in [0.2, 0.25) is 0 Å². The number of hydrogen-bond acceptors (Lipinski definition) is 4. The van der Waals surface area contributed by atoms with Crippen LogP contribution in [0.4, 0.5) is 0 Å². The molecular weight excluding hydrogens is 350 g/mol. The standard InChI is InChI=1S/C19H25N3O3S/c1-15-4-6-17(7-5-15)26(24,25)22-12-8-16(9-13-22)18(23)21-19(14-20)10-2-3-11-19/h4-7,16H,2-3,8-13H2,1H3,(H,21,23). The van der Waals surface area contributed by atoms with Gasteiger partial charge in [0.15, 0.2) is 0 Å². The van der Waals surface area contributed by atoms with E-state index in [1.165, 1.54) is 4.31 Å². The third-order valence-corrected chi connectivity index (χ3v) is 7.43. The summed E-state index contributed by atoms with van der Waals surface area (Å²) in [6, 6.07) is 9.09. The van der Waals surface area contributed by atoms with Gasteiger partial charge in [-0.05, 0) is 57.6 Å². The van der Waals surface area contributed by atoms with Crippen LogP contribution in [0.3, 0.4) is 0 Å². The van der Waals surface area contributed by atoms with Crippen LogP contribution in [-0.2, 0) is 14.8 Å². The van der Waals surface area contributed by atoms with Gasteiger partial charge in [0.25, 0.3) is 0 Å². The molecule has 1 aliphatic heterocycles. The van der Waals surface area contributed by atoms with Gasteiger partial charge in [0, 0.05) is 19.0 Å². The van der Waals surface area contributed by atoms with E-state index in [1.807, 2.05) is 6.92 Å². The minimum atomic E-state index is -3.52. The van der Waals surface area contributed by atoms with Gasteiger partial charge in [-0.1, -0.05) is 17.7 Å². The Hall–Kier alpha value is -1.91. The van der Waals surface area contributed by atoms with Gasteiger partial charge < -0.3 is 5.32 Å². The van der Waals surface area contributed by atoms with E-state index in [1.54, 1.807) is 24.3 Å². The van der Waals surface area contributed by atoms with E-state index in [0.717, 1.165) is 18.4 Å². The normalized spacial score (nSPS) is 21.2. The Morgan fingerprint density at radius 1 is 1.19 bits per heavy atom. The van der Waals surface area contributed by atoms with Crippen LogP contribution >= 0.6 is 0 Å². The maximum atomic E-state index is 12.7. The number of rotatable bonds is 4. The fourth-order valence-corrected chi connectivity index (χ4v) is 5.27. The predicted octanol–water partition coefficient (Wildman–Crippen LogP) is 2.35. The van der Waals surface area contributed by atoms with Gasteiger partial charge in [-0.25, -0.2) is 8.42 Å². The highest BCUT2D eigenvalue weighted by Gasteiger charge is 2.38. The predicted molar refractivity (Wildman–Crippen MR) is 97.6 cm³/mol.